The highest BCUT2D eigenvalue weighted by atomic mass is 35.5. The van der Waals surface area contributed by atoms with Crippen molar-refractivity contribution in [3.8, 4) is 0 Å². The Morgan fingerprint density at radius 1 is 1.33 bits per heavy atom. The molecular formula is C15H19ClN2O3. The van der Waals surface area contributed by atoms with Gasteiger partial charge in [-0.25, -0.2) is 4.79 Å². The molecule has 1 saturated heterocycles. The van der Waals surface area contributed by atoms with Gasteiger partial charge in [0.1, 0.15) is 0 Å². The van der Waals surface area contributed by atoms with Gasteiger partial charge < -0.3 is 15.3 Å². The van der Waals surface area contributed by atoms with Crippen molar-refractivity contribution in [3.05, 3.63) is 29.3 Å². The Labute approximate surface area is 128 Å². The van der Waals surface area contributed by atoms with Gasteiger partial charge in [0.25, 0.3) is 0 Å². The molecule has 2 N–H and O–H groups in total. The zero-order valence-electron chi connectivity index (χ0n) is 11.7. The highest BCUT2D eigenvalue weighted by Gasteiger charge is 2.27. The number of para-hydroxylation sites is 1. The summed E-state index contributed by atoms with van der Waals surface area (Å²) in [5, 5.41) is 12.1. The minimum Gasteiger partial charge on any atom is -0.481 e. The van der Waals surface area contributed by atoms with Gasteiger partial charge in [-0.05, 0) is 37.8 Å². The molecule has 0 radical (unpaired) electrons. The van der Waals surface area contributed by atoms with Crippen LogP contribution in [0.5, 0.6) is 0 Å². The lowest BCUT2D eigenvalue weighted by atomic mass is 9.98. The number of carbonyl (C=O) groups excluding carboxylic acids is 1. The summed E-state index contributed by atoms with van der Waals surface area (Å²) in [6.45, 7) is 0.653. The van der Waals surface area contributed by atoms with E-state index < -0.39 is 5.97 Å². The molecule has 1 aromatic rings. The number of nitrogens with one attached hydrogen (secondary N) is 1. The van der Waals surface area contributed by atoms with E-state index in [2.05, 4.69) is 5.32 Å². The van der Waals surface area contributed by atoms with Crippen LogP contribution in [0.15, 0.2) is 24.3 Å². The van der Waals surface area contributed by atoms with Gasteiger partial charge in [-0.1, -0.05) is 23.7 Å². The molecular weight excluding hydrogens is 292 g/mol. The maximum Gasteiger partial charge on any atom is 0.322 e. The first-order valence-corrected chi connectivity index (χ1v) is 7.49. The molecule has 0 aliphatic carbocycles. The number of benzene rings is 1. The first-order valence-electron chi connectivity index (χ1n) is 7.12. The third-order valence-electron chi connectivity index (χ3n) is 3.69. The number of hydrogen-bond acceptors (Lipinski definition) is 2. The van der Waals surface area contributed by atoms with Crippen LogP contribution >= 0.6 is 11.6 Å². The van der Waals surface area contributed by atoms with Crippen molar-refractivity contribution < 1.29 is 14.7 Å². The van der Waals surface area contributed by atoms with Crippen LogP contribution < -0.4 is 5.32 Å². The number of rotatable bonds is 4. The summed E-state index contributed by atoms with van der Waals surface area (Å²) in [7, 11) is 0. The number of halogens is 1. The van der Waals surface area contributed by atoms with Crippen molar-refractivity contribution in [1.29, 1.82) is 0 Å². The number of urea groups is 1. The van der Waals surface area contributed by atoms with E-state index in [9.17, 15) is 9.59 Å². The van der Waals surface area contributed by atoms with Crippen LogP contribution in [0.1, 0.15) is 32.1 Å². The average molecular weight is 311 g/mol. The van der Waals surface area contributed by atoms with Gasteiger partial charge in [0.05, 0.1) is 10.7 Å². The first-order chi connectivity index (χ1) is 10.1. The number of nitrogens with zero attached hydrogens (tertiary/aromatic N) is 1. The van der Waals surface area contributed by atoms with Gasteiger partial charge in [0, 0.05) is 19.0 Å². The van der Waals surface area contributed by atoms with Gasteiger partial charge >= 0.3 is 12.0 Å². The van der Waals surface area contributed by atoms with E-state index in [1.807, 2.05) is 0 Å². The molecule has 1 aliphatic rings. The molecule has 1 aromatic carbocycles. The molecule has 1 unspecified atom stereocenters. The summed E-state index contributed by atoms with van der Waals surface area (Å²) in [4.78, 5) is 24.8. The fraction of sp³-hybridized carbons (Fsp3) is 0.467. The number of hydrogen-bond donors (Lipinski definition) is 2. The minimum absolute atomic E-state index is 0.0164. The molecule has 1 aliphatic heterocycles. The number of carbonyl (C=O) groups is 2. The van der Waals surface area contributed by atoms with Gasteiger partial charge in [0.15, 0.2) is 0 Å². The second-order valence-electron chi connectivity index (χ2n) is 5.19. The molecule has 1 fully saturated rings. The van der Waals surface area contributed by atoms with Crippen molar-refractivity contribution in [2.24, 2.45) is 0 Å². The third-order valence-corrected chi connectivity index (χ3v) is 4.02. The Morgan fingerprint density at radius 3 is 2.81 bits per heavy atom. The van der Waals surface area contributed by atoms with Crippen molar-refractivity contribution in [2.45, 2.75) is 38.1 Å². The topological polar surface area (TPSA) is 69.6 Å². The Morgan fingerprint density at radius 2 is 2.10 bits per heavy atom. The molecule has 1 heterocycles. The number of piperidine rings is 1. The van der Waals surface area contributed by atoms with Gasteiger partial charge in [-0.15, -0.1) is 0 Å². The van der Waals surface area contributed by atoms with Crippen LogP contribution in [-0.4, -0.2) is 34.6 Å². The van der Waals surface area contributed by atoms with Gasteiger partial charge in [0.2, 0.25) is 0 Å². The molecule has 1 atom stereocenters. The SMILES string of the molecule is O=C(O)CCC1CCCCN1C(=O)Nc1ccccc1Cl. The van der Waals surface area contributed by atoms with Crippen molar-refractivity contribution in [3.63, 3.8) is 0 Å². The molecule has 2 amide bonds. The second-order valence-corrected chi connectivity index (χ2v) is 5.59. The molecule has 6 heteroatoms. The zero-order valence-corrected chi connectivity index (χ0v) is 12.5. The summed E-state index contributed by atoms with van der Waals surface area (Å²) < 4.78 is 0. The molecule has 0 saturated carbocycles. The Bertz CT molecular complexity index is 521. The van der Waals surface area contributed by atoms with E-state index in [1.54, 1.807) is 29.2 Å². The highest BCUT2D eigenvalue weighted by molar-refractivity contribution is 6.33. The lowest BCUT2D eigenvalue weighted by molar-refractivity contribution is -0.137. The normalized spacial score (nSPS) is 18.3. The number of carboxylic acid groups (broad SMARTS) is 1. The number of likely N-dealkylation sites (tertiary alicyclic amines) is 1. The summed E-state index contributed by atoms with van der Waals surface area (Å²) in [6.07, 6.45) is 3.40. The average Bonchev–Trinajstić information content (AvgIpc) is 2.47. The predicted molar refractivity (Wildman–Crippen MR) is 81.7 cm³/mol. The van der Waals surface area contributed by atoms with E-state index in [0.29, 0.717) is 23.7 Å². The van der Waals surface area contributed by atoms with Gasteiger partial charge in [-0.2, -0.15) is 0 Å². The number of amides is 2. The second kappa shape index (κ2) is 7.31. The largest absolute Gasteiger partial charge is 0.481 e. The maximum atomic E-state index is 12.4. The Hall–Kier alpha value is -1.75. The maximum absolute atomic E-state index is 12.4. The Balaban J connectivity index is 2.01. The molecule has 114 valence electrons. The predicted octanol–water partition coefficient (Wildman–Crippen LogP) is 3.59. The van der Waals surface area contributed by atoms with Gasteiger partial charge in [-0.3, -0.25) is 4.79 Å². The highest BCUT2D eigenvalue weighted by Crippen LogP contribution is 2.24. The van der Waals surface area contributed by atoms with Crippen molar-refractivity contribution in [1.82, 2.24) is 4.90 Å². The fourth-order valence-electron chi connectivity index (χ4n) is 2.61. The molecule has 0 spiro atoms. The van der Waals surface area contributed by atoms with E-state index in [0.717, 1.165) is 19.3 Å². The summed E-state index contributed by atoms with van der Waals surface area (Å²) in [5.74, 6) is -0.827. The molecule has 0 bridgehead atoms. The fourth-order valence-corrected chi connectivity index (χ4v) is 2.79. The molecule has 0 aromatic heterocycles. The Kier molecular flexibility index (Phi) is 5.44. The lowest BCUT2D eigenvalue weighted by Gasteiger charge is -2.35. The van der Waals surface area contributed by atoms with E-state index >= 15 is 0 Å². The summed E-state index contributed by atoms with van der Waals surface area (Å²) >= 11 is 6.04. The van der Waals surface area contributed by atoms with Crippen LogP contribution in [0, 0.1) is 0 Å². The lowest BCUT2D eigenvalue weighted by Crippen LogP contribution is -2.46. The monoisotopic (exact) mass is 310 g/mol. The van der Waals surface area contributed by atoms with Crippen LogP contribution in [0.2, 0.25) is 5.02 Å². The third kappa shape index (κ3) is 4.36. The molecule has 5 nitrogen and oxygen atoms in total. The van der Waals surface area contributed by atoms with Crippen LogP contribution in [0.25, 0.3) is 0 Å². The van der Waals surface area contributed by atoms with E-state index in [-0.39, 0.29) is 18.5 Å². The van der Waals surface area contributed by atoms with Crippen LogP contribution in [-0.2, 0) is 4.79 Å². The number of aliphatic carboxylic acids is 1. The van der Waals surface area contributed by atoms with E-state index in [1.165, 1.54) is 0 Å². The molecule has 21 heavy (non-hydrogen) atoms. The van der Waals surface area contributed by atoms with E-state index in [4.69, 9.17) is 16.7 Å². The zero-order chi connectivity index (χ0) is 15.2. The first kappa shape index (κ1) is 15.6. The smallest absolute Gasteiger partial charge is 0.322 e. The molecule has 2 rings (SSSR count). The van der Waals surface area contributed by atoms with Crippen LogP contribution in [0.4, 0.5) is 10.5 Å². The standard InChI is InChI=1S/C15H19ClN2O3/c16-12-6-1-2-7-13(12)17-15(21)18-10-4-3-5-11(18)8-9-14(19)20/h1-2,6-7,11H,3-5,8-10H2,(H,17,21)(H,19,20). The summed E-state index contributed by atoms with van der Waals surface area (Å²) in [6, 6.07) is 6.84. The minimum atomic E-state index is -0.827. The number of carboxylic acids is 1. The summed E-state index contributed by atoms with van der Waals surface area (Å²) in [5.41, 5.74) is 0.576. The quantitative estimate of drug-likeness (QED) is 0.893. The van der Waals surface area contributed by atoms with Crippen molar-refractivity contribution in [2.75, 3.05) is 11.9 Å². The van der Waals surface area contributed by atoms with Crippen LogP contribution in [0.3, 0.4) is 0 Å². The van der Waals surface area contributed by atoms with Crippen molar-refractivity contribution >= 4 is 29.3 Å². The number of anilines is 1.